The van der Waals surface area contributed by atoms with E-state index in [-0.39, 0.29) is 6.61 Å². The third-order valence-corrected chi connectivity index (χ3v) is 3.03. The molecule has 0 aromatic carbocycles. The van der Waals surface area contributed by atoms with Crippen molar-refractivity contribution in [3.05, 3.63) is 12.7 Å². The van der Waals surface area contributed by atoms with E-state index in [4.69, 9.17) is 4.74 Å². The maximum Gasteiger partial charge on any atom is 0.210 e. The molecular formula is C5H8O3S. The van der Waals surface area contributed by atoms with Gasteiger partial charge in [-0.1, -0.05) is 6.58 Å². The highest BCUT2D eigenvalue weighted by Crippen LogP contribution is 2.33. The average molecular weight is 148 g/mol. The summed E-state index contributed by atoms with van der Waals surface area (Å²) in [6.07, 6.45) is 2.46. The molecule has 0 bridgehead atoms. The molecule has 1 atom stereocenters. The summed E-state index contributed by atoms with van der Waals surface area (Å²) in [6.45, 7) is 3.62. The maximum absolute atomic E-state index is 10.8. The Morgan fingerprint density at radius 2 is 2.22 bits per heavy atom. The van der Waals surface area contributed by atoms with Crippen LogP contribution in [0, 0.1) is 0 Å². The summed E-state index contributed by atoms with van der Waals surface area (Å²) in [5.41, 5.74) is 0. The molecule has 0 unspecified atom stereocenters. The lowest BCUT2D eigenvalue weighted by atomic mass is 10.5. The largest absolute Gasteiger partial charge is 0.349 e. The summed E-state index contributed by atoms with van der Waals surface area (Å²) in [7, 11) is -3.08. The molecule has 0 spiro atoms. The van der Waals surface area contributed by atoms with Crippen LogP contribution in [0.2, 0.25) is 0 Å². The first kappa shape index (κ1) is 6.77. The van der Waals surface area contributed by atoms with E-state index in [1.165, 1.54) is 6.08 Å². The van der Waals surface area contributed by atoms with E-state index < -0.39 is 14.8 Å². The minimum atomic E-state index is -3.08. The van der Waals surface area contributed by atoms with Crippen molar-refractivity contribution in [2.24, 2.45) is 0 Å². The topological polar surface area (TPSA) is 46.7 Å². The molecule has 4 heteroatoms. The van der Waals surface area contributed by atoms with Crippen LogP contribution in [0.3, 0.4) is 0 Å². The maximum atomic E-state index is 10.8. The minimum absolute atomic E-state index is 0.259. The molecule has 0 aliphatic carbocycles. The lowest BCUT2D eigenvalue weighted by Gasteiger charge is -1.99. The SMILES string of the molecule is C=C[C@]1(S(C)(=O)=O)CO1. The van der Waals surface area contributed by atoms with Gasteiger partial charge in [0.25, 0.3) is 0 Å². The molecule has 1 heterocycles. The second-order valence-electron chi connectivity index (χ2n) is 2.08. The first-order valence-corrected chi connectivity index (χ1v) is 4.38. The van der Waals surface area contributed by atoms with Crippen molar-refractivity contribution in [2.75, 3.05) is 12.9 Å². The highest BCUT2D eigenvalue weighted by Gasteiger charge is 2.51. The molecular weight excluding hydrogens is 140 g/mol. The number of epoxide rings is 1. The quantitative estimate of drug-likeness (QED) is 0.407. The van der Waals surface area contributed by atoms with E-state index >= 15 is 0 Å². The zero-order chi connectivity index (χ0) is 7.12. The van der Waals surface area contributed by atoms with Gasteiger partial charge >= 0.3 is 0 Å². The molecule has 0 aromatic rings. The van der Waals surface area contributed by atoms with E-state index in [0.717, 1.165) is 6.26 Å². The van der Waals surface area contributed by atoms with Crippen molar-refractivity contribution in [2.45, 2.75) is 4.93 Å². The predicted molar refractivity (Wildman–Crippen MR) is 33.7 cm³/mol. The Bertz CT molecular complexity index is 223. The number of ether oxygens (including phenoxy) is 1. The Morgan fingerprint density at radius 1 is 1.78 bits per heavy atom. The zero-order valence-corrected chi connectivity index (χ0v) is 5.94. The molecule has 1 saturated heterocycles. The number of sulfone groups is 1. The summed E-state index contributed by atoms with van der Waals surface area (Å²) in [4.78, 5) is -1.03. The van der Waals surface area contributed by atoms with E-state index in [1.54, 1.807) is 0 Å². The van der Waals surface area contributed by atoms with Gasteiger partial charge in [-0.25, -0.2) is 8.42 Å². The van der Waals surface area contributed by atoms with Gasteiger partial charge in [0.2, 0.25) is 4.93 Å². The molecule has 1 fully saturated rings. The van der Waals surface area contributed by atoms with Crippen molar-refractivity contribution in [3.8, 4) is 0 Å². The molecule has 0 N–H and O–H groups in total. The van der Waals surface area contributed by atoms with Crippen molar-refractivity contribution < 1.29 is 13.2 Å². The van der Waals surface area contributed by atoms with Crippen molar-refractivity contribution in [1.82, 2.24) is 0 Å². The fraction of sp³-hybridized carbons (Fsp3) is 0.600. The fourth-order valence-electron chi connectivity index (χ4n) is 0.554. The van der Waals surface area contributed by atoms with E-state index in [2.05, 4.69) is 6.58 Å². The molecule has 0 radical (unpaired) electrons. The van der Waals surface area contributed by atoms with Crippen LogP contribution >= 0.6 is 0 Å². The van der Waals surface area contributed by atoms with Gasteiger partial charge in [-0.05, 0) is 6.08 Å². The number of hydrogen-bond acceptors (Lipinski definition) is 3. The molecule has 1 aliphatic rings. The molecule has 3 nitrogen and oxygen atoms in total. The highest BCUT2D eigenvalue weighted by molar-refractivity contribution is 7.92. The van der Waals surface area contributed by atoms with E-state index in [9.17, 15) is 8.42 Å². The molecule has 0 amide bonds. The fourth-order valence-corrected chi connectivity index (χ4v) is 1.34. The molecule has 0 aromatic heterocycles. The Hall–Kier alpha value is -0.350. The van der Waals surface area contributed by atoms with Gasteiger partial charge in [-0.3, -0.25) is 0 Å². The van der Waals surface area contributed by atoms with Gasteiger partial charge < -0.3 is 4.74 Å². The van der Waals surface area contributed by atoms with Crippen LogP contribution < -0.4 is 0 Å². The smallest absolute Gasteiger partial charge is 0.210 e. The minimum Gasteiger partial charge on any atom is -0.349 e. The molecule has 1 rings (SSSR count). The highest BCUT2D eigenvalue weighted by atomic mass is 32.2. The predicted octanol–water partition coefficient (Wildman–Crippen LogP) is -0.0565. The van der Waals surface area contributed by atoms with Gasteiger partial charge in [-0.2, -0.15) is 0 Å². The van der Waals surface area contributed by atoms with Crippen molar-refractivity contribution in [1.29, 1.82) is 0 Å². The normalized spacial score (nSPS) is 33.9. The summed E-state index contributed by atoms with van der Waals surface area (Å²) in [6, 6.07) is 0. The van der Waals surface area contributed by atoms with Gasteiger partial charge in [0.1, 0.15) is 0 Å². The molecule has 52 valence electrons. The van der Waals surface area contributed by atoms with Crippen LogP contribution in [0.5, 0.6) is 0 Å². The Kier molecular flexibility index (Phi) is 1.18. The van der Waals surface area contributed by atoms with E-state index in [1.807, 2.05) is 0 Å². The van der Waals surface area contributed by atoms with Crippen molar-refractivity contribution in [3.63, 3.8) is 0 Å². The van der Waals surface area contributed by atoms with Crippen LogP contribution in [-0.4, -0.2) is 26.2 Å². The Balaban J connectivity index is 2.97. The van der Waals surface area contributed by atoms with Gasteiger partial charge in [0.05, 0.1) is 6.61 Å². The van der Waals surface area contributed by atoms with Gasteiger partial charge in [-0.15, -0.1) is 0 Å². The summed E-state index contributed by atoms with van der Waals surface area (Å²) >= 11 is 0. The van der Waals surface area contributed by atoms with Crippen LogP contribution in [0.15, 0.2) is 12.7 Å². The van der Waals surface area contributed by atoms with Crippen LogP contribution in [0.25, 0.3) is 0 Å². The first-order chi connectivity index (χ1) is 4.02. The first-order valence-electron chi connectivity index (χ1n) is 2.49. The van der Waals surface area contributed by atoms with Crippen LogP contribution in [-0.2, 0) is 14.6 Å². The third-order valence-electron chi connectivity index (χ3n) is 1.37. The van der Waals surface area contributed by atoms with Crippen LogP contribution in [0.1, 0.15) is 0 Å². The molecule has 0 saturated carbocycles. The van der Waals surface area contributed by atoms with Gasteiger partial charge in [0, 0.05) is 6.26 Å². The lowest BCUT2D eigenvalue weighted by Crippen LogP contribution is -2.19. The second-order valence-corrected chi connectivity index (χ2v) is 4.31. The molecule has 9 heavy (non-hydrogen) atoms. The summed E-state index contributed by atoms with van der Waals surface area (Å²) in [5.74, 6) is 0. The lowest BCUT2D eigenvalue weighted by molar-refractivity contribution is 0.406. The Labute approximate surface area is 54.2 Å². The van der Waals surface area contributed by atoms with Crippen molar-refractivity contribution >= 4 is 9.84 Å². The average Bonchev–Trinajstić information content (AvgIpc) is 2.40. The summed E-state index contributed by atoms with van der Waals surface area (Å²) < 4.78 is 26.2. The van der Waals surface area contributed by atoms with Gasteiger partial charge in [0.15, 0.2) is 9.84 Å². The number of rotatable bonds is 2. The van der Waals surface area contributed by atoms with E-state index in [0.29, 0.717) is 0 Å². The zero-order valence-electron chi connectivity index (χ0n) is 5.12. The Morgan fingerprint density at radius 3 is 2.22 bits per heavy atom. The molecule has 1 aliphatic heterocycles. The monoisotopic (exact) mass is 148 g/mol. The summed E-state index contributed by atoms with van der Waals surface area (Å²) in [5, 5.41) is 0. The standard InChI is InChI=1S/C5H8O3S/c1-3-5(4-8-5)9(2,6)7/h3H,1,4H2,2H3/t5-/m0/s1. The second kappa shape index (κ2) is 1.58. The third kappa shape index (κ3) is 0.881. The number of hydrogen-bond donors (Lipinski definition) is 0. The van der Waals surface area contributed by atoms with Crippen LogP contribution in [0.4, 0.5) is 0 Å².